The minimum Gasteiger partial charge on any atom is -0.396 e. The normalized spacial score (nSPS) is 26.1. The Hall–Kier alpha value is -0.590. The zero-order chi connectivity index (χ0) is 10.7. The molecular formula is C12H20N2O. The quantitative estimate of drug-likeness (QED) is 0.759. The molecule has 2 fully saturated rings. The van der Waals surface area contributed by atoms with Gasteiger partial charge in [-0.15, -0.1) is 0 Å². The number of aliphatic hydroxyl groups is 1. The van der Waals surface area contributed by atoms with E-state index in [1.807, 2.05) is 0 Å². The average Bonchev–Trinajstić information content (AvgIpc) is 3.02. The molecule has 3 nitrogen and oxygen atoms in total. The van der Waals surface area contributed by atoms with Gasteiger partial charge in [-0.25, -0.2) is 0 Å². The molecule has 0 aromatic rings. The fourth-order valence-corrected chi connectivity index (χ4v) is 2.50. The van der Waals surface area contributed by atoms with Crippen LogP contribution in [0.15, 0.2) is 0 Å². The van der Waals surface area contributed by atoms with Gasteiger partial charge in [0.05, 0.1) is 6.07 Å². The molecule has 1 aliphatic carbocycles. The first kappa shape index (κ1) is 10.9. The molecule has 1 N–H and O–H groups in total. The first-order valence-electron chi connectivity index (χ1n) is 5.98. The summed E-state index contributed by atoms with van der Waals surface area (Å²) in [5.41, 5.74) is 0.252. The molecule has 0 amide bonds. The first-order chi connectivity index (χ1) is 7.28. The Morgan fingerprint density at radius 3 is 2.47 bits per heavy atom. The van der Waals surface area contributed by atoms with E-state index in [1.54, 1.807) is 0 Å². The van der Waals surface area contributed by atoms with E-state index in [9.17, 15) is 5.11 Å². The van der Waals surface area contributed by atoms with Gasteiger partial charge in [0.1, 0.15) is 0 Å². The Labute approximate surface area is 91.7 Å². The Balaban J connectivity index is 1.72. The lowest BCUT2D eigenvalue weighted by Gasteiger charge is -2.33. The van der Waals surface area contributed by atoms with Gasteiger partial charge in [0.25, 0.3) is 0 Å². The fourth-order valence-electron chi connectivity index (χ4n) is 2.50. The smallest absolute Gasteiger partial charge is 0.0624 e. The van der Waals surface area contributed by atoms with Crippen molar-refractivity contribution in [3.63, 3.8) is 0 Å². The Morgan fingerprint density at radius 1 is 1.33 bits per heavy atom. The molecule has 0 aromatic carbocycles. The number of likely N-dealkylation sites (tertiary alicyclic amines) is 1. The highest BCUT2D eigenvalue weighted by atomic mass is 16.3. The second kappa shape index (κ2) is 4.51. The van der Waals surface area contributed by atoms with Gasteiger partial charge in [-0.05, 0) is 44.7 Å². The number of aliphatic hydroxyl groups excluding tert-OH is 1. The second-order valence-electron chi connectivity index (χ2n) is 5.24. The molecule has 0 spiro atoms. The highest BCUT2D eigenvalue weighted by Crippen LogP contribution is 2.46. The van der Waals surface area contributed by atoms with E-state index in [-0.39, 0.29) is 5.41 Å². The van der Waals surface area contributed by atoms with Crippen LogP contribution < -0.4 is 0 Å². The van der Waals surface area contributed by atoms with E-state index in [0.29, 0.717) is 12.5 Å². The van der Waals surface area contributed by atoms with Gasteiger partial charge in [0.15, 0.2) is 0 Å². The van der Waals surface area contributed by atoms with Crippen LogP contribution in [-0.2, 0) is 0 Å². The van der Waals surface area contributed by atoms with Crippen LogP contribution in [0, 0.1) is 22.7 Å². The van der Waals surface area contributed by atoms with Gasteiger partial charge in [0, 0.05) is 25.0 Å². The zero-order valence-corrected chi connectivity index (χ0v) is 9.28. The summed E-state index contributed by atoms with van der Waals surface area (Å²) >= 11 is 0. The van der Waals surface area contributed by atoms with Gasteiger partial charge in [0.2, 0.25) is 0 Å². The average molecular weight is 208 g/mol. The molecule has 0 unspecified atom stereocenters. The van der Waals surface area contributed by atoms with Crippen molar-refractivity contribution in [3.8, 4) is 6.07 Å². The molecule has 0 radical (unpaired) electrons. The molecule has 84 valence electrons. The molecule has 1 saturated heterocycles. The zero-order valence-electron chi connectivity index (χ0n) is 9.28. The summed E-state index contributed by atoms with van der Waals surface area (Å²) in [5, 5.41) is 17.9. The highest BCUT2D eigenvalue weighted by molar-refractivity contribution is 4.95. The number of piperidine rings is 1. The summed E-state index contributed by atoms with van der Waals surface area (Å²) in [5.74, 6) is 0.621. The van der Waals surface area contributed by atoms with Gasteiger partial charge >= 0.3 is 0 Å². The van der Waals surface area contributed by atoms with Crippen LogP contribution in [0.2, 0.25) is 0 Å². The minimum absolute atomic E-state index is 0.252. The topological polar surface area (TPSA) is 47.3 Å². The largest absolute Gasteiger partial charge is 0.396 e. The highest BCUT2D eigenvalue weighted by Gasteiger charge is 2.43. The van der Waals surface area contributed by atoms with Crippen molar-refractivity contribution in [2.75, 3.05) is 26.2 Å². The lowest BCUT2D eigenvalue weighted by atomic mass is 9.93. The molecule has 15 heavy (non-hydrogen) atoms. The molecule has 0 aromatic heterocycles. The van der Waals surface area contributed by atoms with Crippen LogP contribution in [0.5, 0.6) is 0 Å². The van der Waals surface area contributed by atoms with Crippen molar-refractivity contribution in [1.82, 2.24) is 4.90 Å². The van der Waals surface area contributed by atoms with Gasteiger partial charge < -0.3 is 10.0 Å². The molecule has 3 heteroatoms. The molecular weight excluding hydrogens is 188 g/mol. The summed E-state index contributed by atoms with van der Waals surface area (Å²) in [4.78, 5) is 2.47. The summed E-state index contributed by atoms with van der Waals surface area (Å²) < 4.78 is 0. The Morgan fingerprint density at radius 2 is 2.00 bits per heavy atom. The van der Waals surface area contributed by atoms with Crippen molar-refractivity contribution in [2.24, 2.45) is 11.3 Å². The predicted octanol–water partition coefficient (Wildman–Crippen LogP) is 1.38. The van der Waals surface area contributed by atoms with Gasteiger partial charge in [-0.3, -0.25) is 0 Å². The molecule has 1 saturated carbocycles. The van der Waals surface area contributed by atoms with Gasteiger partial charge in [-0.1, -0.05) is 0 Å². The summed E-state index contributed by atoms with van der Waals surface area (Å²) in [7, 11) is 0. The van der Waals surface area contributed by atoms with Crippen molar-refractivity contribution in [2.45, 2.75) is 32.1 Å². The standard InChI is InChI=1S/C12H20N2O/c13-6-1-11-2-7-14(8-3-11)9-12(10-15)4-5-12/h11,15H,1-5,7-10H2. The molecule has 1 heterocycles. The van der Waals surface area contributed by atoms with E-state index < -0.39 is 0 Å². The summed E-state index contributed by atoms with van der Waals surface area (Å²) in [6.45, 7) is 3.66. The van der Waals surface area contributed by atoms with E-state index in [4.69, 9.17) is 5.26 Å². The number of rotatable bonds is 4. The summed E-state index contributed by atoms with van der Waals surface area (Å²) in [6.07, 6.45) is 5.44. The third-order valence-corrected chi connectivity index (χ3v) is 3.94. The molecule has 0 atom stereocenters. The lowest BCUT2D eigenvalue weighted by molar-refractivity contribution is 0.118. The van der Waals surface area contributed by atoms with Crippen LogP contribution in [0.25, 0.3) is 0 Å². The SMILES string of the molecule is N#CCC1CCN(CC2(CO)CC2)CC1. The lowest BCUT2D eigenvalue weighted by Crippen LogP contribution is -2.38. The monoisotopic (exact) mass is 208 g/mol. The number of nitrogens with zero attached hydrogens (tertiary/aromatic N) is 2. The number of hydrogen-bond acceptors (Lipinski definition) is 3. The van der Waals surface area contributed by atoms with E-state index in [1.165, 1.54) is 12.8 Å². The maximum absolute atomic E-state index is 9.25. The molecule has 2 aliphatic rings. The fraction of sp³-hybridized carbons (Fsp3) is 0.917. The third-order valence-electron chi connectivity index (χ3n) is 3.94. The second-order valence-corrected chi connectivity index (χ2v) is 5.24. The number of nitriles is 1. The molecule has 0 bridgehead atoms. The first-order valence-corrected chi connectivity index (χ1v) is 5.98. The Kier molecular flexibility index (Phi) is 3.28. The van der Waals surface area contributed by atoms with Crippen molar-refractivity contribution in [3.05, 3.63) is 0 Å². The minimum atomic E-state index is 0.252. The Bertz CT molecular complexity index is 247. The van der Waals surface area contributed by atoms with Crippen LogP contribution in [-0.4, -0.2) is 36.2 Å². The predicted molar refractivity (Wildman–Crippen MR) is 58.1 cm³/mol. The van der Waals surface area contributed by atoms with Crippen LogP contribution >= 0.6 is 0 Å². The maximum Gasteiger partial charge on any atom is 0.0624 e. The van der Waals surface area contributed by atoms with Crippen molar-refractivity contribution < 1.29 is 5.11 Å². The van der Waals surface area contributed by atoms with Crippen LogP contribution in [0.4, 0.5) is 0 Å². The van der Waals surface area contributed by atoms with E-state index in [0.717, 1.165) is 38.9 Å². The number of hydrogen-bond donors (Lipinski definition) is 1. The van der Waals surface area contributed by atoms with Crippen LogP contribution in [0.1, 0.15) is 32.1 Å². The van der Waals surface area contributed by atoms with E-state index >= 15 is 0 Å². The van der Waals surface area contributed by atoms with E-state index in [2.05, 4.69) is 11.0 Å². The van der Waals surface area contributed by atoms with Crippen molar-refractivity contribution in [1.29, 1.82) is 5.26 Å². The summed E-state index contributed by atoms with van der Waals surface area (Å²) in [6, 6.07) is 2.27. The molecule has 1 aliphatic heterocycles. The van der Waals surface area contributed by atoms with Gasteiger partial charge in [-0.2, -0.15) is 5.26 Å². The third kappa shape index (κ3) is 2.70. The van der Waals surface area contributed by atoms with Crippen molar-refractivity contribution >= 4 is 0 Å². The molecule has 2 rings (SSSR count). The van der Waals surface area contributed by atoms with Crippen LogP contribution in [0.3, 0.4) is 0 Å². The maximum atomic E-state index is 9.25.